The van der Waals surface area contributed by atoms with Crippen molar-refractivity contribution in [3.8, 4) is 0 Å². The Morgan fingerprint density at radius 1 is 1.19 bits per heavy atom. The molecule has 0 radical (unpaired) electrons. The van der Waals surface area contributed by atoms with Crippen LogP contribution in [0.25, 0.3) is 0 Å². The number of aromatic nitrogens is 3. The summed E-state index contributed by atoms with van der Waals surface area (Å²) < 4.78 is 2.02. The maximum Gasteiger partial charge on any atom is 0.138 e. The minimum Gasteiger partial charge on any atom is -0.314 e. The molecule has 1 unspecified atom stereocenters. The van der Waals surface area contributed by atoms with Crippen LogP contribution in [0.3, 0.4) is 0 Å². The topological polar surface area (TPSA) is 42.7 Å². The molecule has 0 aliphatic rings. The normalized spacial score (nSPS) is 12.8. The van der Waals surface area contributed by atoms with Crippen molar-refractivity contribution in [2.75, 3.05) is 6.54 Å². The van der Waals surface area contributed by atoms with Crippen molar-refractivity contribution in [1.82, 2.24) is 20.1 Å². The molecule has 4 nitrogen and oxygen atoms in total. The number of rotatable bonds is 8. The van der Waals surface area contributed by atoms with Gasteiger partial charge in [0.15, 0.2) is 0 Å². The van der Waals surface area contributed by atoms with Gasteiger partial charge in [0, 0.05) is 18.5 Å². The van der Waals surface area contributed by atoms with Crippen molar-refractivity contribution < 1.29 is 0 Å². The zero-order valence-corrected chi connectivity index (χ0v) is 13.3. The van der Waals surface area contributed by atoms with Gasteiger partial charge in [0.25, 0.3) is 0 Å². The molecule has 0 aliphatic heterocycles. The fourth-order valence-electron chi connectivity index (χ4n) is 2.62. The van der Waals surface area contributed by atoms with E-state index < -0.39 is 0 Å². The summed E-state index contributed by atoms with van der Waals surface area (Å²) in [6, 6.07) is 11.5. The van der Waals surface area contributed by atoms with E-state index in [-0.39, 0.29) is 0 Å². The molecule has 0 aliphatic carbocycles. The summed E-state index contributed by atoms with van der Waals surface area (Å²) in [6.07, 6.45) is 4.80. The fourth-order valence-corrected chi connectivity index (χ4v) is 2.62. The van der Waals surface area contributed by atoms with Crippen molar-refractivity contribution in [1.29, 1.82) is 0 Å². The van der Waals surface area contributed by atoms with Crippen LogP contribution >= 0.6 is 0 Å². The molecule has 0 fully saturated rings. The van der Waals surface area contributed by atoms with E-state index in [2.05, 4.69) is 66.5 Å². The van der Waals surface area contributed by atoms with Crippen molar-refractivity contribution >= 4 is 0 Å². The Morgan fingerprint density at radius 3 is 2.62 bits per heavy atom. The molecule has 1 N–H and O–H groups in total. The van der Waals surface area contributed by atoms with E-state index in [1.165, 1.54) is 5.56 Å². The van der Waals surface area contributed by atoms with Crippen LogP contribution in [0, 0.1) is 0 Å². The van der Waals surface area contributed by atoms with Gasteiger partial charge in [-0.15, -0.1) is 0 Å². The quantitative estimate of drug-likeness (QED) is 0.811. The van der Waals surface area contributed by atoms with E-state index >= 15 is 0 Å². The maximum atomic E-state index is 4.43. The first-order chi connectivity index (χ1) is 10.2. The first-order valence-electron chi connectivity index (χ1n) is 7.86. The molecule has 21 heavy (non-hydrogen) atoms. The minimum atomic E-state index is 0.360. The highest BCUT2D eigenvalue weighted by Gasteiger charge is 2.14. The van der Waals surface area contributed by atoms with Gasteiger partial charge in [-0.3, -0.25) is 0 Å². The maximum absolute atomic E-state index is 4.43. The molecule has 1 heterocycles. The number of hydrogen-bond donors (Lipinski definition) is 1. The molecular weight excluding hydrogens is 260 g/mol. The number of hydrogen-bond acceptors (Lipinski definition) is 3. The number of benzene rings is 1. The first-order valence-corrected chi connectivity index (χ1v) is 7.86. The molecule has 0 saturated heterocycles. The van der Waals surface area contributed by atoms with E-state index in [9.17, 15) is 0 Å². The van der Waals surface area contributed by atoms with Crippen LogP contribution in [0.4, 0.5) is 0 Å². The molecule has 0 saturated carbocycles. The van der Waals surface area contributed by atoms with Gasteiger partial charge >= 0.3 is 0 Å². The lowest BCUT2D eigenvalue weighted by molar-refractivity contribution is 0.444. The highest BCUT2D eigenvalue weighted by molar-refractivity contribution is 5.14. The van der Waals surface area contributed by atoms with Gasteiger partial charge in [-0.1, -0.05) is 37.3 Å². The molecule has 1 atom stereocenters. The lowest BCUT2D eigenvalue weighted by atomic mass is 10.0. The molecule has 2 aromatic rings. The van der Waals surface area contributed by atoms with Gasteiger partial charge in [-0.2, -0.15) is 5.10 Å². The first kappa shape index (κ1) is 15.7. The predicted octanol–water partition coefficient (Wildman–Crippen LogP) is 3.01. The molecule has 0 spiro atoms. The molecule has 4 heteroatoms. The summed E-state index contributed by atoms with van der Waals surface area (Å²) in [7, 11) is 0. The Morgan fingerprint density at radius 2 is 1.95 bits per heavy atom. The van der Waals surface area contributed by atoms with Crippen molar-refractivity contribution in [3.05, 3.63) is 48.0 Å². The monoisotopic (exact) mass is 286 g/mol. The lowest BCUT2D eigenvalue weighted by Crippen LogP contribution is -2.32. The minimum absolute atomic E-state index is 0.360. The zero-order valence-electron chi connectivity index (χ0n) is 13.3. The van der Waals surface area contributed by atoms with Crippen LogP contribution in [0.1, 0.15) is 44.6 Å². The standard InChI is InChI=1S/C17H26N4/c1-4-18-16(11-10-15-8-6-5-7-9-15)12-17-19-13-20-21(17)14(2)3/h5-9,13-14,16,18H,4,10-12H2,1-3H3. The Kier molecular flexibility index (Phi) is 5.93. The molecule has 114 valence electrons. The SMILES string of the molecule is CCNC(CCc1ccccc1)Cc1ncnn1C(C)C. The van der Waals surface area contributed by atoms with E-state index in [4.69, 9.17) is 0 Å². The second-order valence-electron chi connectivity index (χ2n) is 5.70. The molecule has 1 aromatic heterocycles. The Balaban J connectivity index is 1.97. The van der Waals surface area contributed by atoms with Crippen molar-refractivity contribution in [2.45, 2.75) is 52.1 Å². The Hall–Kier alpha value is -1.68. The summed E-state index contributed by atoms with van der Waals surface area (Å²) in [4.78, 5) is 4.43. The highest BCUT2D eigenvalue weighted by Crippen LogP contribution is 2.11. The van der Waals surface area contributed by atoms with Gasteiger partial charge in [-0.05, 0) is 38.8 Å². The average molecular weight is 286 g/mol. The van der Waals surface area contributed by atoms with Crippen LogP contribution in [-0.4, -0.2) is 27.4 Å². The smallest absolute Gasteiger partial charge is 0.138 e. The summed E-state index contributed by atoms with van der Waals surface area (Å²) in [6.45, 7) is 7.42. The van der Waals surface area contributed by atoms with Crippen molar-refractivity contribution in [3.63, 3.8) is 0 Å². The van der Waals surface area contributed by atoms with Gasteiger partial charge in [-0.25, -0.2) is 9.67 Å². The predicted molar refractivity (Wildman–Crippen MR) is 86.3 cm³/mol. The van der Waals surface area contributed by atoms with Gasteiger partial charge in [0.1, 0.15) is 12.2 Å². The number of likely N-dealkylation sites (N-methyl/N-ethyl adjacent to an activating group) is 1. The summed E-state index contributed by atoms with van der Waals surface area (Å²) >= 11 is 0. The van der Waals surface area contributed by atoms with Crippen LogP contribution in [-0.2, 0) is 12.8 Å². The van der Waals surface area contributed by atoms with Crippen LogP contribution in [0.2, 0.25) is 0 Å². The van der Waals surface area contributed by atoms with E-state index in [0.717, 1.165) is 31.6 Å². The third-order valence-corrected chi connectivity index (χ3v) is 3.68. The summed E-state index contributed by atoms with van der Waals surface area (Å²) in [5.74, 6) is 1.07. The third kappa shape index (κ3) is 4.67. The van der Waals surface area contributed by atoms with Gasteiger partial charge in [0.05, 0.1) is 0 Å². The van der Waals surface area contributed by atoms with Crippen molar-refractivity contribution in [2.24, 2.45) is 0 Å². The van der Waals surface area contributed by atoms with E-state index in [1.54, 1.807) is 6.33 Å². The van der Waals surface area contributed by atoms with E-state index in [1.807, 2.05) is 4.68 Å². The lowest BCUT2D eigenvalue weighted by Gasteiger charge is -2.19. The number of aryl methyl sites for hydroxylation is 1. The largest absolute Gasteiger partial charge is 0.314 e. The number of nitrogens with one attached hydrogen (secondary N) is 1. The van der Waals surface area contributed by atoms with Crippen LogP contribution < -0.4 is 5.32 Å². The number of nitrogens with zero attached hydrogens (tertiary/aromatic N) is 3. The average Bonchev–Trinajstić information content (AvgIpc) is 2.94. The molecule has 2 rings (SSSR count). The van der Waals surface area contributed by atoms with Gasteiger partial charge < -0.3 is 5.32 Å². The molecular formula is C17H26N4. The molecule has 1 aromatic carbocycles. The van der Waals surface area contributed by atoms with E-state index in [0.29, 0.717) is 12.1 Å². The van der Waals surface area contributed by atoms with Crippen LogP contribution in [0.5, 0.6) is 0 Å². The van der Waals surface area contributed by atoms with Crippen LogP contribution in [0.15, 0.2) is 36.7 Å². The van der Waals surface area contributed by atoms with Gasteiger partial charge in [0.2, 0.25) is 0 Å². The second kappa shape index (κ2) is 7.93. The third-order valence-electron chi connectivity index (χ3n) is 3.68. The zero-order chi connectivity index (χ0) is 15.1. The second-order valence-corrected chi connectivity index (χ2v) is 5.70. The summed E-state index contributed by atoms with van der Waals surface area (Å²) in [5.41, 5.74) is 1.39. The fraction of sp³-hybridized carbons (Fsp3) is 0.529. The Bertz CT molecular complexity index is 519. The highest BCUT2D eigenvalue weighted by atomic mass is 15.3. The molecule has 0 amide bonds. The molecule has 0 bridgehead atoms. The summed E-state index contributed by atoms with van der Waals surface area (Å²) in [5, 5.41) is 7.90. The Labute approximate surface area is 127 Å².